The molecule has 0 spiro atoms. The van der Waals surface area contributed by atoms with Crippen molar-refractivity contribution in [3.63, 3.8) is 0 Å². The van der Waals surface area contributed by atoms with Gasteiger partial charge in [0.1, 0.15) is 11.5 Å². The summed E-state index contributed by atoms with van der Waals surface area (Å²) < 4.78 is 10.6. The molecule has 2 aromatic carbocycles. The van der Waals surface area contributed by atoms with Gasteiger partial charge >= 0.3 is 11.9 Å². The Bertz CT molecular complexity index is 930. The maximum Gasteiger partial charge on any atom is 0.338 e. The lowest BCUT2D eigenvalue weighted by Gasteiger charge is -2.10. The first-order valence-corrected chi connectivity index (χ1v) is 9.94. The first-order valence-electron chi connectivity index (χ1n) is 9.94. The molecule has 0 atom stereocenters. The third-order valence-corrected chi connectivity index (χ3v) is 4.55. The Morgan fingerprint density at radius 2 is 1.13 bits per heavy atom. The highest BCUT2D eigenvalue weighted by Crippen LogP contribution is 2.24. The van der Waals surface area contributed by atoms with Crippen LogP contribution in [0.4, 0.5) is 0 Å². The summed E-state index contributed by atoms with van der Waals surface area (Å²) in [4.78, 5) is 23.5. The minimum atomic E-state index is -0.430. The number of hydrogen-bond donors (Lipinski definition) is 0. The maximum atomic E-state index is 11.7. The first kappa shape index (κ1) is 22.9. The number of carbonyl (C=O) groups is 2. The van der Waals surface area contributed by atoms with Crippen molar-refractivity contribution in [2.75, 3.05) is 0 Å². The highest BCUT2D eigenvalue weighted by molar-refractivity contribution is 5.89. The molecule has 0 heterocycles. The molecule has 0 unspecified atom stereocenters. The van der Waals surface area contributed by atoms with E-state index in [1.54, 1.807) is 26.0 Å². The van der Waals surface area contributed by atoms with Crippen LogP contribution >= 0.6 is 0 Å². The largest absolute Gasteiger partial charge is 0.423 e. The maximum absolute atomic E-state index is 11.7. The molecule has 0 aliphatic rings. The Kier molecular flexibility index (Phi) is 7.93. The quantitative estimate of drug-likeness (QED) is 0.236. The van der Waals surface area contributed by atoms with Crippen molar-refractivity contribution < 1.29 is 19.1 Å². The standard InChI is InChI=1S/C26H28O4/c1-7-19-15-23(29-25(27)17(3)4)13-11-21(19)9-10-22-12-14-24(16-20(22)8-2)30-26(28)18(5)6/h9-16H,3,5,7-8H2,1-2,4,6H3/b10-9+. The molecule has 0 N–H and O–H groups in total. The van der Waals surface area contributed by atoms with Gasteiger partial charge in [-0.3, -0.25) is 0 Å². The number of hydrogen-bond acceptors (Lipinski definition) is 4. The summed E-state index contributed by atoms with van der Waals surface area (Å²) in [6, 6.07) is 11.2. The Hall–Kier alpha value is -3.40. The van der Waals surface area contributed by atoms with Crippen molar-refractivity contribution >= 4 is 24.1 Å². The van der Waals surface area contributed by atoms with Gasteiger partial charge in [-0.05, 0) is 73.2 Å². The van der Waals surface area contributed by atoms with Gasteiger partial charge in [0.15, 0.2) is 0 Å². The smallest absolute Gasteiger partial charge is 0.338 e. The predicted octanol–water partition coefficient (Wildman–Crippen LogP) is 5.94. The monoisotopic (exact) mass is 404 g/mol. The zero-order chi connectivity index (χ0) is 22.3. The molecule has 2 rings (SSSR count). The number of esters is 2. The molecule has 0 bridgehead atoms. The van der Waals surface area contributed by atoms with E-state index in [9.17, 15) is 9.59 Å². The molecule has 0 aliphatic carbocycles. The topological polar surface area (TPSA) is 52.6 Å². The summed E-state index contributed by atoms with van der Waals surface area (Å²) in [5.74, 6) is 0.158. The molecule has 0 radical (unpaired) electrons. The third kappa shape index (κ3) is 6.05. The van der Waals surface area contributed by atoms with Crippen LogP contribution in [0.5, 0.6) is 11.5 Å². The minimum absolute atomic E-state index is 0.362. The molecule has 156 valence electrons. The van der Waals surface area contributed by atoms with Crippen molar-refractivity contribution in [1.29, 1.82) is 0 Å². The molecule has 0 saturated heterocycles. The van der Waals surface area contributed by atoms with Gasteiger partial charge in [-0.15, -0.1) is 0 Å². The summed E-state index contributed by atoms with van der Waals surface area (Å²) in [5.41, 5.74) is 4.97. The van der Waals surface area contributed by atoms with Crippen molar-refractivity contribution in [2.45, 2.75) is 40.5 Å². The molecular weight excluding hydrogens is 376 g/mol. The van der Waals surface area contributed by atoms with E-state index in [4.69, 9.17) is 9.47 Å². The fourth-order valence-electron chi connectivity index (χ4n) is 2.80. The van der Waals surface area contributed by atoms with E-state index in [0.717, 1.165) is 35.1 Å². The van der Waals surface area contributed by atoms with Crippen LogP contribution in [0.15, 0.2) is 60.7 Å². The van der Waals surface area contributed by atoms with Crippen molar-refractivity contribution in [1.82, 2.24) is 0 Å². The molecule has 2 aromatic rings. The molecule has 0 fully saturated rings. The number of carbonyl (C=O) groups excluding carboxylic acids is 2. The van der Waals surface area contributed by atoms with Crippen LogP contribution in [0.1, 0.15) is 49.9 Å². The Morgan fingerprint density at radius 1 is 0.767 bits per heavy atom. The van der Waals surface area contributed by atoms with Gasteiger partial charge in [0.25, 0.3) is 0 Å². The Balaban J connectivity index is 2.25. The Labute approximate surface area is 178 Å². The van der Waals surface area contributed by atoms with E-state index in [1.807, 2.05) is 36.4 Å². The lowest BCUT2D eigenvalue weighted by Crippen LogP contribution is -2.08. The highest BCUT2D eigenvalue weighted by atomic mass is 16.5. The molecule has 0 aliphatic heterocycles. The molecule has 30 heavy (non-hydrogen) atoms. The SMILES string of the molecule is C=C(C)C(=O)Oc1ccc(/C=C/c2ccc(OC(=O)C(=C)C)cc2CC)c(CC)c1. The van der Waals surface area contributed by atoms with Crippen molar-refractivity contribution in [3.05, 3.63) is 83.0 Å². The summed E-state index contributed by atoms with van der Waals surface area (Å²) in [7, 11) is 0. The second kappa shape index (κ2) is 10.4. The van der Waals surface area contributed by atoms with Crippen molar-refractivity contribution in [3.8, 4) is 11.5 Å². The minimum Gasteiger partial charge on any atom is -0.423 e. The van der Waals surface area contributed by atoms with Crippen LogP contribution in [0.2, 0.25) is 0 Å². The fourth-order valence-corrected chi connectivity index (χ4v) is 2.80. The van der Waals surface area contributed by atoms with Crippen LogP contribution < -0.4 is 9.47 Å². The van der Waals surface area contributed by atoms with Gasteiger partial charge in [-0.2, -0.15) is 0 Å². The highest BCUT2D eigenvalue weighted by Gasteiger charge is 2.09. The number of aryl methyl sites for hydroxylation is 2. The molecular formula is C26H28O4. The van der Waals surface area contributed by atoms with Gasteiger partial charge in [0, 0.05) is 11.1 Å². The number of benzene rings is 2. The summed E-state index contributed by atoms with van der Waals surface area (Å²) >= 11 is 0. The predicted molar refractivity (Wildman–Crippen MR) is 121 cm³/mol. The lowest BCUT2D eigenvalue weighted by atomic mass is 10.0. The molecule has 0 saturated carbocycles. The zero-order valence-electron chi connectivity index (χ0n) is 18.1. The first-order chi connectivity index (χ1) is 14.2. The van der Waals surface area contributed by atoms with Crippen molar-refractivity contribution in [2.24, 2.45) is 0 Å². The number of ether oxygens (including phenoxy) is 2. The average molecular weight is 405 g/mol. The summed E-state index contributed by atoms with van der Waals surface area (Å²) in [6.45, 7) is 14.6. The van der Waals surface area contributed by atoms with Gasteiger partial charge in [0.2, 0.25) is 0 Å². The van der Waals surface area contributed by atoms with Gasteiger partial charge in [0.05, 0.1) is 0 Å². The lowest BCUT2D eigenvalue weighted by molar-refractivity contribution is -0.130. The summed E-state index contributed by atoms with van der Waals surface area (Å²) in [5, 5.41) is 0. The van der Waals surface area contributed by atoms with Crippen LogP contribution in [-0.4, -0.2) is 11.9 Å². The average Bonchev–Trinajstić information content (AvgIpc) is 2.72. The van der Waals surface area contributed by atoms with Gasteiger partial charge < -0.3 is 9.47 Å². The normalized spacial score (nSPS) is 10.7. The van der Waals surface area contributed by atoms with E-state index in [2.05, 4.69) is 27.0 Å². The number of rotatable bonds is 8. The molecule has 4 heteroatoms. The summed E-state index contributed by atoms with van der Waals surface area (Å²) in [6.07, 6.45) is 5.68. The van der Waals surface area contributed by atoms with Crippen LogP contribution in [0.3, 0.4) is 0 Å². The molecule has 0 aromatic heterocycles. The van der Waals surface area contributed by atoms with Crippen LogP contribution in [-0.2, 0) is 22.4 Å². The van der Waals surface area contributed by atoms with Crippen LogP contribution in [0, 0.1) is 0 Å². The Morgan fingerprint density at radius 3 is 1.43 bits per heavy atom. The van der Waals surface area contributed by atoms with Gasteiger partial charge in [-0.1, -0.05) is 51.3 Å². The zero-order valence-corrected chi connectivity index (χ0v) is 18.1. The van der Waals surface area contributed by atoms with E-state index in [1.165, 1.54) is 0 Å². The van der Waals surface area contributed by atoms with E-state index >= 15 is 0 Å². The van der Waals surface area contributed by atoms with E-state index in [-0.39, 0.29) is 0 Å². The van der Waals surface area contributed by atoms with Crippen LogP contribution in [0.25, 0.3) is 12.2 Å². The third-order valence-electron chi connectivity index (χ3n) is 4.55. The second-order valence-electron chi connectivity index (χ2n) is 7.10. The van der Waals surface area contributed by atoms with E-state index < -0.39 is 11.9 Å². The molecule has 4 nitrogen and oxygen atoms in total. The van der Waals surface area contributed by atoms with E-state index in [0.29, 0.717) is 22.6 Å². The fraction of sp³-hybridized carbons (Fsp3) is 0.231. The second-order valence-corrected chi connectivity index (χ2v) is 7.10. The molecule has 0 amide bonds. The van der Waals surface area contributed by atoms with Gasteiger partial charge in [-0.25, -0.2) is 9.59 Å².